The Morgan fingerprint density at radius 2 is 2.00 bits per heavy atom. The molecule has 0 radical (unpaired) electrons. The monoisotopic (exact) mass is 132 g/mol. The van der Waals surface area contributed by atoms with Crippen LogP contribution in [-0.4, -0.2) is 24.1 Å². The summed E-state index contributed by atoms with van der Waals surface area (Å²) in [5.74, 6) is 4.82. The van der Waals surface area contributed by atoms with Crippen LogP contribution in [0.2, 0.25) is 0 Å². The Kier molecular flexibility index (Phi) is 2.46. The molecule has 0 aromatic rings. The van der Waals surface area contributed by atoms with Crippen LogP contribution in [0.4, 0.5) is 9.59 Å². The van der Waals surface area contributed by atoms with Gasteiger partial charge in [0.15, 0.2) is 0 Å². The Morgan fingerprint density at radius 3 is 2.11 bits per heavy atom. The third-order valence-electron chi connectivity index (χ3n) is 0.670. The Labute approximate surface area is 51.8 Å². The van der Waals surface area contributed by atoms with Crippen molar-refractivity contribution >= 4 is 12.1 Å². The summed E-state index contributed by atoms with van der Waals surface area (Å²) >= 11 is 0. The molecule has 0 atom stereocenters. The minimum Gasteiger partial charge on any atom is -0.350 e. The average Bonchev–Trinajstić information content (AvgIpc) is 1.84. The summed E-state index contributed by atoms with van der Waals surface area (Å²) in [5, 5.41) is 2.38. The van der Waals surface area contributed by atoms with Gasteiger partial charge >= 0.3 is 12.1 Å². The molecule has 0 unspecified atom stereocenters. The lowest BCUT2D eigenvalue weighted by molar-refractivity contribution is 0.193. The quantitative estimate of drug-likeness (QED) is 0.214. The van der Waals surface area contributed by atoms with Crippen LogP contribution in [-0.2, 0) is 0 Å². The number of urea groups is 2. The summed E-state index contributed by atoms with van der Waals surface area (Å²) in [6.07, 6.45) is 0. The van der Waals surface area contributed by atoms with E-state index in [9.17, 15) is 9.59 Å². The van der Waals surface area contributed by atoms with E-state index in [2.05, 4.69) is 11.1 Å². The van der Waals surface area contributed by atoms with Crippen LogP contribution in [0.15, 0.2) is 0 Å². The van der Waals surface area contributed by atoms with E-state index in [0.29, 0.717) is 0 Å². The lowest BCUT2D eigenvalue weighted by atomic mass is 10.8. The molecule has 0 saturated heterocycles. The zero-order valence-electron chi connectivity index (χ0n) is 4.92. The molecule has 9 heavy (non-hydrogen) atoms. The topological polar surface area (TPSA) is 101 Å². The highest BCUT2D eigenvalue weighted by atomic mass is 16.2. The number of hydrogen-bond donors (Lipinski definition) is 3. The fourth-order valence-electron chi connectivity index (χ4n) is 0.221. The van der Waals surface area contributed by atoms with Crippen molar-refractivity contribution in [2.75, 3.05) is 7.05 Å². The van der Waals surface area contributed by atoms with E-state index in [4.69, 9.17) is 5.84 Å². The minimum absolute atomic E-state index is 0.278. The van der Waals surface area contributed by atoms with Crippen molar-refractivity contribution in [3.05, 3.63) is 0 Å². The molecule has 0 heterocycles. The maximum Gasteiger partial charge on any atom is 0.339 e. The summed E-state index contributed by atoms with van der Waals surface area (Å²) in [6, 6.07) is -1.73. The number of amides is 4. The Bertz CT molecular complexity index is 134. The van der Waals surface area contributed by atoms with E-state index in [1.807, 2.05) is 0 Å². The molecule has 4 amide bonds. The molecule has 0 aromatic heterocycles. The Morgan fingerprint density at radius 1 is 1.56 bits per heavy atom. The maximum atomic E-state index is 10.3. The van der Waals surface area contributed by atoms with Crippen molar-refractivity contribution in [3.63, 3.8) is 0 Å². The summed E-state index contributed by atoms with van der Waals surface area (Å²) in [5.41, 5.74) is 4.61. The molecule has 5 N–H and O–H groups in total. The van der Waals surface area contributed by atoms with Gasteiger partial charge in [0, 0.05) is 7.05 Å². The first kappa shape index (κ1) is 7.70. The number of rotatable bonds is 0. The number of primary amides is 1. The van der Waals surface area contributed by atoms with E-state index in [1.54, 1.807) is 0 Å². The summed E-state index contributed by atoms with van der Waals surface area (Å²) in [4.78, 5) is 20.4. The number of hydrazine groups is 1. The van der Waals surface area contributed by atoms with Gasteiger partial charge in [0.05, 0.1) is 0 Å². The summed E-state index contributed by atoms with van der Waals surface area (Å²) < 4.78 is 0. The van der Waals surface area contributed by atoms with Crippen LogP contribution in [0.3, 0.4) is 0 Å². The number of carbonyl (C=O) groups is 2. The smallest absolute Gasteiger partial charge is 0.339 e. The van der Waals surface area contributed by atoms with Crippen LogP contribution in [0.5, 0.6) is 0 Å². The van der Waals surface area contributed by atoms with E-state index < -0.39 is 12.1 Å². The molecule has 6 heteroatoms. The highest BCUT2D eigenvalue weighted by Crippen LogP contribution is 1.75. The molecular formula is C3H8N4O2. The second-order valence-electron chi connectivity index (χ2n) is 1.26. The predicted octanol–water partition coefficient (Wildman–Crippen LogP) is -1.42. The third kappa shape index (κ3) is 1.96. The molecule has 0 aliphatic heterocycles. The number of carbonyl (C=O) groups excluding carboxylic acids is 2. The Balaban J connectivity index is 3.88. The molecule has 0 aromatic carbocycles. The van der Waals surface area contributed by atoms with Gasteiger partial charge < -0.3 is 11.1 Å². The standard InChI is InChI=1S/C3H8N4O2/c1-6-3(9)7(5)2(4)8/h5H2,1H3,(H2,4,8)(H,6,9). The average molecular weight is 132 g/mol. The second-order valence-corrected chi connectivity index (χ2v) is 1.26. The molecule has 0 rings (SSSR count). The van der Waals surface area contributed by atoms with E-state index in [0.717, 1.165) is 0 Å². The van der Waals surface area contributed by atoms with Crippen molar-refractivity contribution in [1.29, 1.82) is 0 Å². The molecule has 0 saturated carbocycles. The minimum atomic E-state index is -0.991. The largest absolute Gasteiger partial charge is 0.350 e. The van der Waals surface area contributed by atoms with Crippen molar-refractivity contribution in [1.82, 2.24) is 10.3 Å². The number of imide groups is 1. The van der Waals surface area contributed by atoms with Gasteiger partial charge in [0.1, 0.15) is 0 Å². The third-order valence-corrected chi connectivity index (χ3v) is 0.670. The van der Waals surface area contributed by atoms with Crippen molar-refractivity contribution in [2.45, 2.75) is 0 Å². The summed E-state index contributed by atoms with van der Waals surface area (Å²) in [7, 11) is 1.34. The first-order chi connectivity index (χ1) is 4.09. The predicted molar refractivity (Wildman–Crippen MR) is 30.1 cm³/mol. The fourth-order valence-corrected chi connectivity index (χ4v) is 0.221. The molecule has 0 bridgehead atoms. The van der Waals surface area contributed by atoms with Crippen LogP contribution < -0.4 is 16.9 Å². The van der Waals surface area contributed by atoms with Crippen molar-refractivity contribution in [3.8, 4) is 0 Å². The lowest BCUT2D eigenvalue weighted by Crippen LogP contribution is -2.49. The van der Waals surface area contributed by atoms with Gasteiger partial charge in [-0.05, 0) is 0 Å². The van der Waals surface area contributed by atoms with Gasteiger partial charge in [0.2, 0.25) is 0 Å². The highest BCUT2D eigenvalue weighted by molar-refractivity contribution is 5.91. The van der Waals surface area contributed by atoms with Gasteiger partial charge in [-0.15, -0.1) is 0 Å². The van der Waals surface area contributed by atoms with E-state index in [1.165, 1.54) is 7.05 Å². The van der Waals surface area contributed by atoms with Crippen LogP contribution in [0, 0.1) is 0 Å². The molecule has 0 spiro atoms. The van der Waals surface area contributed by atoms with E-state index >= 15 is 0 Å². The maximum absolute atomic E-state index is 10.3. The zero-order chi connectivity index (χ0) is 7.44. The number of nitrogens with zero attached hydrogens (tertiary/aromatic N) is 1. The Hall–Kier alpha value is -1.30. The van der Waals surface area contributed by atoms with Crippen molar-refractivity contribution in [2.24, 2.45) is 11.6 Å². The second kappa shape index (κ2) is 2.88. The normalized spacial score (nSPS) is 8.22. The van der Waals surface area contributed by atoms with Crippen LogP contribution in [0.25, 0.3) is 0 Å². The molecule has 0 aliphatic carbocycles. The van der Waals surface area contributed by atoms with E-state index in [-0.39, 0.29) is 5.01 Å². The summed E-state index contributed by atoms with van der Waals surface area (Å²) in [6.45, 7) is 0. The first-order valence-electron chi connectivity index (χ1n) is 2.15. The van der Waals surface area contributed by atoms with Crippen LogP contribution >= 0.6 is 0 Å². The molecule has 0 fully saturated rings. The number of nitrogens with two attached hydrogens (primary N) is 2. The molecule has 52 valence electrons. The lowest BCUT2D eigenvalue weighted by Gasteiger charge is -2.08. The van der Waals surface area contributed by atoms with Gasteiger partial charge in [0.25, 0.3) is 0 Å². The van der Waals surface area contributed by atoms with Crippen LogP contribution in [0.1, 0.15) is 0 Å². The van der Waals surface area contributed by atoms with Gasteiger partial charge in [-0.2, -0.15) is 5.01 Å². The van der Waals surface area contributed by atoms with Gasteiger partial charge in [-0.25, -0.2) is 15.4 Å². The number of nitrogens with one attached hydrogen (secondary N) is 1. The van der Waals surface area contributed by atoms with Gasteiger partial charge in [-0.3, -0.25) is 0 Å². The molecule has 6 nitrogen and oxygen atoms in total. The highest BCUT2D eigenvalue weighted by Gasteiger charge is 2.10. The van der Waals surface area contributed by atoms with Crippen molar-refractivity contribution < 1.29 is 9.59 Å². The number of hydrogen-bond acceptors (Lipinski definition) is 3. The molecule has 0 aliphatic rings. The van der Waals surface area contributed by atoms with Gasteiger partial charge in [-0.1, -0.05) is 0 Å². The first-order valence-corrected chi connectivity index (χ1v) is 2.15. The fraction of sp³-hybridized carbons (Fsp3) is 0.333. The zero-order valence-corrected chi connectivity index (χ0v) is 4.92. The SMILES string of the molecule is CNC(=O)N(N)C(N)=O. The molecular weight excluding hydrogens is 124 g/mol.